The molecule has 0 fully saturated rings. The van der Waals surface area contributed by atoms with Gasteiger partial charge in [0.15, 0.2) is 11.4 Å². The molecule has 66 heavy (non-hydrogen) atoms. The van der Waals surface area contributed by atoms with Crippen molar-refractivity contribution in [2.75, 3.05) is 45.2 Å². The van der Waals surface area contributed by atoms with Crippen molar-refractivity contribution in [3.63, 3.8) is 0 Å². The molecule has 2 amide bonds. The van der Waals surface area contributed by atoms with E-state index in [2.05, 4.69) is 29.0 Å². The number of para-hydroxylation sites is 2. The summed E-state index contributed by atoms with van der Waals surface area (Å²) in [6, 6.07) is 51.0. The topological polar surface area (TPSA) is 109 Å². The quantitative estimate of drug-likeness (QED) is 0.0579. The second-order valence-corrected chi connectivity index (χ2v) is 16.0. The molecule has 330 valence electrons. The van der Waals surface area contributed by atoms with Crippen LogP contribution in [0.25, 0.3) is 21.5 Å². The molecule has 1 atom stereocenters. The molecule has 11 heteroatoms. The number of rotatable bonds is 15. The maximum absolute atomic E-state index is 14.1. The first kappa shape index (κ1) is 44.6. The molecule has 0 aliphatic rings. The van der Waals surface area contributed by atoms with Gasteiger partial charge in [-0.1, -0.05) is 98.8 Å². The Hall–Kier alpha value is -8.02. The Morgan fingerprint density at radius 1 is 0.576 bits per heavy atom. The minimum atomic E-state index is -0.204. The molecule has 8 aromatic carbocycles. The summed E-state index contributed by atoms with van der Waals surface area (Å²) >= 11 is 0. The summed E-state index contributed by atoms with van der Waals surface area (Å²) in [4.78, 5) is 30.9. The van der Waals surface area contributed by atoms with Crippen LogP contribution in [0.5, 0.6) is 11.5 Å². The van der Waals surface area contributed by atoms with Gasteiger partial charge in [-0.15, -0.1) is 10.2 Å². The lowest BCUT2D eigenvalue weighted by atomic mass is 10.0. The maximum Gasteiger partial charge on any atom is 0.311 e. The van der Waals surface area contributed by atoms with Crippen molar-refractivity contribution in [3.8, 4) is 11.5 Å². The van der Waals surface area contributed by atoms with Crippen molar-refractivity contribution < 1.29 is 19.1 Å². The third-order valence-corrected chi connectivity index (χ3v) is 12.2. The van der Waals surface area contributed by atoms with E-state index in [-0.39, 0.29) is 10.4 Å². The first-order chi connectivity index (χ1) is 32.1. The van der Waals surface area contributed by atoms with Crippen molar-refractivity contribution in [1.29, 1.82) is 0 Å². The summed E-state index contributed by atoms with van der Waals surface area (Å²) in [6.07, 6.45) is 2.50. The predicted molar refractivity (Wildman–Crippen MR) is 268 cm³/mol. The van der Waals surface area contributed by atoms with Gasteiger partial charge in [0, 0.05) is 59.6 Å². The SMILES string of the molecule is CCc1ccccc1N(C)C(=O)c1cc2ccccc2c(N=Nc2ccc(N(C)c3ccc(N=Nc4c(OC)c([N+](C)(C=O)c5ccccc5CC)cc5ccccc45)cc3)cc2)c1OC. The second kappa shape index (κ2) is 19.4. The number of amides is 2. The first-order valence-electron chi connectivity index (χ1n) is 21.9. The Morgan fingerprint density at radius 2 is 1.06 bits per heavy atom. The zero-order valence-electron chi connectivity index (χ0n) is 38.3. The Bertz CT molecular complexity index is 3130. The fourth-order valence-corrected chi connectivity index (χ4v) is 8.50. The van der Waals surface area contributed by atoms with Gasteiger partial charge in [0.25, 0.3) is 5.91 Å². The molecule has 0 aliphatic heterocycles. The fourth-order valence-electron chi connectivity index (χ4n) is 8.50. The van der Waals surface area contributed by atoms with Crippen molar-refractivity contribution in [1.82, 2.24) is 4.48 Å². The van der Waals surface area contributed by atoms with Gasteiger partial charge in [0.1, 0.15) is 17.1 Å². The molecule has 0 aliphatic carbocycles. The average molecular weight is 875 g/mol. The van der Waals surface area contributed by atoms with Crippen molar-refractivity contribution in [2.24, 2.45) is 20.5 Å². The van der Waals surface area contributed by atoms with Crippen LogP contribution in [0.3, 0.4) is 0 Å². The summed E-state index contributed by atoms with van der Waals surface area (Å²) in [5.41, 5.74) is 9.08. The summed E-state index contributed by atoms with van der Waals surface area (Å²) in [6.45, 7) is 4.16. The van der Waals surface area contributed by atoms with E-state index >= 15 is 0 Å². The molecule has 8 aromatic rings. The van der Waals surface area contributed by atoms with Crippen molar-refractivity contribution >= 4 is 85.0 Å². The minimum absolute atomic E-state index is 0.124. The lowest BCUT2D eigenvalue weighted by molar-refractivity contribution is -0.114. The Morgan fingerprint density at radius 3 is 1.61 bits per heavy atom. The molecule has 11 nitrogen and oxygen atoms in total. The lowest BCUT2D eigenvalue weighted by Gasteiger charge is -2.30. The summed E-state index contributed by atoms with van der Waals surface area (Å²) in [5.74, 6) is 0.632. The number of benzene rings is 8. The standard InChI is InChI=1S/C55H52N7O4/c1-8-37-18-12-16-24-48(37)61(4)55(64)47-34-39-20-10-14-22-45(39)51(53(47)65-6)58-56-41-26-30-43(31-27-41)60(3)44-32-28-42(29-33-44)57-59-52-46-23-15-11-21-40(46)35-50(54(52)66-7)62(5,36-63)49-25-17-13-19-38(49)9-2/h10-36H,8-9H2,1-7H3/q+1. The monoisotopic (exact) mass is 874 g/mol. The molecule has 0 radical (unpaired) electrons. The number of carbonyl (C=O) groups is 2. The van der Waals surface area contributed by atoms with Crippen molar-refractivity contribution in [2.45, 2.75) is 26.7 Å². The number of hydrogen-bond acceptors (Lipinski definition) is 9. The number of methoxy groups -OCH3 is 2. The van der Waals surface area contributed by atoms with Crippen molar-refractivity contribution in [3.05, 3.63) is 174 Å². The summed E-state index contributed by atoms with van der Waals surface area (Å²) < 4.78 is 11.9. The maximum atomic E-state index is 14.1. The van der Waals surface area contributed by atoms with Crippen LogP contribution in [0.1, 0.15) is 35.3 Å². The van der Waals surface area contributed by atoms with E-state index in [1.165, 1.54) is 0 Å². The van der Waals surface area contributed by atoms with Crippen LogP contribution >= 0.6 is 0 Å². The normalized spacial score (nSPS) is 12.4. The van der Waals surface area contributed by atoms with E-state index in [9.17, 15) is 9.59 Å². The number of azo groups is 2. The van der Waals surface area contributed by atoms with Gasteiger partial charge in [-0.25, -0.2) is 4.79 Å². The average Bonchev–Trinajstić information content (AvgIpc) is 3.38. The van der Waals surface area contributed by atoms with Crippen LogP contribution in [0.4, 0.5) is 51.2 Å². The van der Waals surface area contributed by atoms with E-state index < -0.39 is 0 Å². The number of anilines is 3. The van der Waals surface area contributed by atoms with Gasteiger partial charge in [-0.3, -0.25) is 4.79 Å². The Kier molecular flexibility index (Phi) is 13.1. The van der Waals surface area contributed by atoms with Crippen LogP contribution in [-0.2, 0) is 17.6 Å². The third kappa shape index (κ3) is 8.51. The predicted octanol–water partition coefficient (Wildman–Crippen LogP) is 14.4. The number of ether oxygens (including phenoxy) is 2. The second-order valence-electron chi connectivity index (χ2n) is 16.0. The van der Waals surface area contributed by atoms with Gasteiger partial charge in [-0.05, 0) is 89.8 Å². The molecule has 8 rings (SSSR count). The van der Waals surface area contributed by atoms with Crippen LogP contribution in [0.15, 0.2) is 178 Å². The Labute approximate surface area is 385 Å². The first-order valence-corrected chi connectivity index (χ1v) is 21.9. The molecular weight excluding hydrogens is 823 g/mol. The molecule has 0 aromatic heterocycles. The number of aryl methyl sites for hydroxylation is 2. The molecule has 0 saturated carbocycles. The zero-order chi connectivity index (χ0) is 46.4. The highest BCUT2D eigenvalue weighted by molar-refractivity contribution is 6.13. The van der Waals surface area contributed by atoms with E-state index in [1.807, 2.05) is 172 Å². The van der Waals surface area contributed by atoms with E-state index in [0.717, 1.165) is 74.7 Å². The largest absolute Gasteiger partial charge is 0.494 e. The summed E-state index contributed by atoms with van der Waals surface area (Å²) in [5, 5.41) is 22.2. The highest BCUT2D eigenvalue weighted by atomic mass is 16.5. The van der Waals surface area contributed by atoms with Gasteiger partial charge < -0.3 is 19.3 Å². The zero-order valence-corrected chi connectivity index (χ0v) is 38.3. The number of fused-ring (bicyclic) bond motifs is 2. The number of carbonyl (C=O) groups excluding carboxylic acids is 2. The summed E-state index contributed by atoms with van der Waals surface area (Å²) in [7, 11) is 8.80. The minimum Gasteiger partial charge on any atom is -0.494 e. The number of nitrogens with zero attached hydrogens (tertiary/aromatic N) is 7. The highest BCUT2D eigenvalue weighted by Gasteiger charge is 2.36. The molecule has 0 heterocycles. The Balaban J connectivity index is 1.04. The number of quaternary nitrogens is 1. The third-order valence-electron chi connectivity index (χ3n) is 12.2. The smallest absolute Gasteiger partial charge is 0.311 e. The lowest BCUT2D eigenvalue weighted by Crippen LogP contribution is -2.39. The molecule has 0 N–H and O–H groups in total. The van der Waals surface area contributed by atoms with Gasteiger partial charge in [0.2, 0.25) is 5.75 Å². The molecule has 0 saturated heterocycles. The van der Waals surface area contributed by atoms with Crippen LogP contribution in [0, 0.1) is 0 Å². The van der Waals surface area contributed by atoms with E-state index in [1.54, 1.807) is 26.2 Å². The van der Waals surface area contributed by atoms with Crippen LogP contribution in [0.2, 0.25) is 0 Å². The van der Waals surface area contributed by atoms with Crippen LogP contribution < -0.4 is 23.8 Å². The molecule has 0 bridgehead atoms. The van der Waals surface area contributed by atoms with E-state index in [0.29, 0.717) is 45.5 Å². The molecule has 0 spiro atoms. The van der Waals surface area contributed by atoms with Gasteiger partial charge in [-0.2, -0.15) is 14.7 Å². The number of hydrogen-bond donors (Lipinski definition) is 0. The highest BCUT2D eigenvalue weighted by Crippen LogP contribution is 2.49. The molecule has 1 unspecified atom stereocenters. The molecular formula is C55H52N7O4+. The fraction of sp³-hybridized carbons (Fsp3) is 0.164. The van der Waals surface area contributed by atoms with Crippen LogP contribution in [-0.4, -0.2) is 47.7 Å². The van der Waals surface area contributed by atoms with Gasteiger partial charge in [0.05, 0.1) is 38.2 Å². The van der Waals surface area contributed by atoms with Gasteiger partial charge >= 0.3 is 6.41 Å². The van der Waals surface area contributed by atoms with E-state index in [4.69, 9.17) is 19.7 Å².